The molecule has 0 aliphatic carbocycles. The first kappa shape index (κ1) is 11.1. The predicted octanol–water partition coefficient (Wildman–Crippen LogP) is 2.91. The summed E-state index contributed by atoms with van der Waals surface area (Å²) < 4.78 is 39.9. The Balaban J connectivity index is 2.48. The maximum absolute atomic E-state index is 11.8. The van der Waals surface area contributed by atoms with Crippen LogP contribution in [0.15, 0.2) is 17.0 Å². The second kappa shape index (κ2) is 4.02. The second-order valence-corrected chi connectivity index (χ2v) is 3.34. The molecular formula is C9H12F3NO. The Bertz CT molecular complexity index is 268. The number of hydrogen-bond acceptors (Lipinski definition) is 2. The molecule has 1 unspecified atom stereocenters. The lowest BCUT2D eigenvalue weighted by Gasteiger charge is -2.17. The van der Waals surface area contributed by atoms with Crippen LogP contribution in [-0.2, 0) is 4.74 Å². The Morgan fingerprint density at radius 1 is 1.57 bits per heavy atom. The van der Waals surface area contributed by atoms with Crippen LogP contribution in [0.5, 0.6) is 0 Å². The van der Waals surface area contributed by atoms with Crippen LogP contribution in [-0.4, -0.2) is 18.5 Å². The number of hydrogen-bond donors (Lipinski definition) is 0. The summed E-state index contributed by atoms with van der Waals surface area (Å²) in [7, 11) is 0. The molecule has 0 bridgehead atoms. The zero-order chi connectivity index (χ0) is 10.8. The normalized spacial score (nSPS) is 22.8. The van der Waals surface area contributed by atoms with E-state index in [1.54, 1.807) is 13.0 Å². The van der Waals surface area contributed by atoms with Gasteiger partial charge in [0, 0.05) is 5.71 Å². The molecule has 1 aliphatic heterocycles. The van der Waals surface area contributed by atoms with Crippen molar-refractivity contribution in [1.29, 1.82) is 0 Å². The van der Waals surface area contributed by atoms with Gasteiger partial charge in [-0.05, 0) is 25.3 Å². The van der Waals surface area contributed by atoms with E-state index in [-0.39, 0.29) is 11.8 Å². The van der Waals surface area contributed by atoms with Gasteiger partial charge >= 0.3 is 6.18 Å². The van der Waals surface area contributed by atoms with Crippen LogP contribution in [0.2, 0.25) is 0 Å². The third-order valence-electron chi connectivity index (χ3n) is 2.03. The second-order valence-electron chi connectivity index (χ2n) is 3.34. The number of aliphatic imine (C=N–C) groups is 1. The van der Waals surface area contributed by atoms with E-state index in [1.165, 1.54) is 0 Å². The topological polar surface area (TPSA) is 21.6 Å². The zero-order valence-electron chi connectivity index (χ0n) is 8.06. The molecule has 1 heterocycles. The van der Waals surface area contributed by atoms with Crippen molar-refractivity contribution in [2.24, 2.45) is 10.9 Å². The highest BCUT2D eigenvalue weighted by Gasteiger charge is 2.29. The summed E-state index contributed by atoms with van der Waals surface area (Å²) in [5.41, 5.74) is 0.810. The fourth-order valence-electron chi connectivity index (χ4n) is 1.02. The van der Waals surface area contributed by atoms with Crippen LogP contribution in [0.3, 0.4) is 0 Å². The van der Waals surface area contributed by atoms with Gasteiger partial charge in [0.1, 0.15) is 0 Å². The molecule has 1 aliphatic rings. The molecule has 0 fully saturated rings. The van der Waals surface area contributed by atoms with Crippen LogP contribution < -0.4 is 0 Å². The number of ether oxygens (including phenoxy) is 1. The molecule has 0 spiro atoms. The Morgan fingerprint density at radius 2 is 2.21 bits per heavy atom. The van der Waals surface area contributed by atoms with Crippen molar-refractivity contribution >= 4 is 5.71 Å². The molecule has 0 aromatic carbocycles. The molecule has 0 saturated heterocycles. The van der Waals surface area contributed by atoms with E-state index in [2.05, 4.69) is 9.73 Å². The SMILES string of the molecule is CC1=NC(OCC(F)(F)F)=CCC1C. The Morgan fingerprint density at radius 3 is 2.71 bits per heavy atom. The van der Waals surface area contributed by atoms with Gasteiger partial charge in [-0.2, -0.15) is 13.2 Å². The fraction of sp³-hybridized carbons (Fsp3) is 0.667. The maximum atomic E-state index is 11.8. The van der Waals surface area contributed by atoms with E-state index in [9.17, 15) is 13.2 Å². The van der Waals surface area contributed by atoms with Gasteiger partial charge in [-0.15, -0.1) is 0 Å². The van der Waals surface area contributed by atoms with Crippen molar-refractivity contribution in [2.45, 2.75) is 26.4 Å². The fourth-order valence-corrected chi connectivity index (χ4v) is 1.02. The third kappa shape index (κ3) is 3.40. The smallest absolute Gasteiger partial charge is 0.422 e. The minimum absolute atomic E-state index is 0.0814. The minimum atomic E-state index is -4.30. The molecule has 2 nitrogen and oxygen atoms in total. The van der Waals surface area contributed by atoms with Crippen LogP contribution >= 0.6 is 0 Å². The van der Waals surface area contributed by atoms with Gasteiger partial charge in [0.05, 0.1) is 0 Å². The van der Waals surface area contributed by atoms with Crippen LogP contribution in [0.1, 0.15) is 20.3 Å². The van der Waals surface area contributed by atoms with E-state index in [0.717, 1.165) is 5.71 Å². The van der Waals surface area contributed by atoms with E-state index in [0.29, 0.717) is 6.42 Å². The molecule has 1 rings (SSSR count). The molecule has 0 amide bonds. The summed E-state index contributed by atoms with van der Waals surface area (Å²) in [4.78, 5) is 3.92. The summed E-state index contributed by atoms with van der Waals surface area (Å²) in [5.74, 6) is 0.367. The Labute approximate surface area is 80.5 Å². The van der Waals surface area contributed by atoms with Crippen molar-refractivity contribution in [1.82, 2.24) is 0 Å². The quantitative estimate of drug-likeness (QED) is 0.682. The summed E-state index contributed by atoms with van der Waals surface area (Å²) in [6, 6.07) is 0. The predicted molar refractivity (Wildman–Crippen MR) is 47.0 cm³/mol. The number of alkyl halides is 3. The number of nitrogens with zero attached hydrogens (tertiary/aromatic N) is 1. The lowest BCUT2D eigenvalue weighted by atomic mass is 10.0. The average Bonchev–Trinajstić information content (AvgIpc) is 2.06. The summed E-state index contributed by atoms with van der Waals surface area (Å²) >= 11 is 0. The van der Waals surface area contributed by atoms with Crippen LogP contribution in [0.4, 0.5) is 13.2 Å². The highest BCUT2D eigenvalue weighted by molar-refractivity contribution is 5.85. The van der Waals surface area contributed by atoms with Crippen LogP contribution in [0, 0.1) is 5.92 Å². The van der Waals surface area contributed by atoms with Crippen molar-refractivity contribution in [3.8, 4) is 0 Å². The largest absolute Gasteiger partial charge is 0.468 e. The Kier molecular flexibility index (Phi) is 3.18. The molecule has 80 valence electrons. The lowest BCUT2D eigenvalue weighted by Crippen LogP contribution is -2.18. The van der Waals surface area contributed by atoms with Gasteiger partial charge in [0.15, 0.2) is 6.61 Å². The number of allylic oxidation sites excluding steroid dienone is 1. The third-order valence-corrected chi connectivity index (χ3v) is 2.03. The highest BCUT2D eigenvalue weighted by Crippen LogP contribution is 2.21. The average molecular weight is 207 g/mol. The van der Waals surface area contributed by atoms with Crippen LogP contribution in [0.25, 0.3) is 0 Å². The molecule has 0 radical (unpaired) electrons. The van der Waals surface area contributed by atoms with Gasteiger partial charge in [-0.3, -0.25) is 0 Å². The van der Waals surface area contributed by atoms with Gasteiger partial charge < -0.3 is 4.74 Å². The lowest BCUT2D eigenvalue weighted by molar-refractivity contribution is -0.165. The van der Waals surface area contributed by atoms with E-state index >= 15 is 0 Å². The van der Waals surface area contributed by atoms with Gasteiger partial charge in [0.2, 0.25) is 5.88 Å². The Hall–Kier alpha value is -1.00. The standard InChI is InChI=1S/C9H12F3NO/c1-6-3-4-8(13-7(6)2)14-5-9(10,11)12/h4,6H,3,5H2,1-2H3. The summed E-state index contributed by atoms with van der Waals surface area (Å²) in [6.45, 7) is 2.48. The molecule has 14 heavy (non-hydrogen) atoms. The summed E-state index contributed by atoms with van der Waals surface area (Å²) in [5, 5.41) is 0. The molecular weight excluding hydrogens is 195 g/mol. The molecule has 5 heteroatoms. The maximum Gasteiger partial charge on any atom is 0.422 e. The highest BCUT2D eigenvalue weighted by atomic mass is 19.4. The minimum Gasteiger partial charge on any atom is -0.468 e. The van der Waals surface area contributed by atoms with Crippen molar-refractivity contribution < 1.29 is 17.9 Å². The molecule has 1 atom stereocenters. The van der Waals surface area contributed by atoms with Gasteiger partial charge in [0.25, 0.3) is 0 Å². The van der Waals surface area contributed by atoms with E-state index in [1.807, 2.05) is 6.92 Å². The van der Waals surface area contributed by atoms with Crippen molar-refractivity contribution in [3.05, 3.63) is 12.0 Å². The summed E-state index contributed by atoms with van der Waals surface area (Å²) in [6.07, 6.45) is -2.03. The zero-order valence-corrected chi connectivity index (χ0v) is 8.06. The van der Waals surface area contributed by atoms with Gasteiger partial charge in [-0.25, -0.2) is 4.99 Å². The molecule has 0 aromatic heterocycles. The number of halogens is 3. The monoisotopic (exact) mass is 207 g/mol. The first-order valence-corrected chi connectivity index (χ1v) is 4.33. The first-order chi connectivity index (χ1) is 6.38. The molecule has 0 aromatic rings. The first-order valence-electron chi connectivity index (χ1n) is 4.33. The van der Waals surface area contributed by atoms with Gasteiger partial charge in [-0.1, -0.05) is 6.92 Å². The number of rotatable bonds is 2. The molecule has 0 saturated carbocycles. The van der Waals surface area contributed by atoms with E-state index < -0.39 is 12.8 Å². The van der Waals surface area contributed by atoms with Crippen molar-refractivity contribution in [3.63, 3.8) is 0 Å². The molecule has 0 N–H and O–H groups in total. The van der Waals surface area contributed by atoms with E-state index in [4.69, 9.17) is 0 Å². The van der Waals surface area contributed by atoms with Crippen molar-refractivity contribution in [2.75, 3.05) is 6.61 Å².